The lowest BCUT2D eigenvalue weighted by molar-refractivity contribution is 0.413. The molecule has 0 spiro atoms. The molecule has 0 amide bonds. The summed E-state index contributed by atoms with van der Waals surface area (Å²) in [4.78, 5) is 9.41. The number of thiazole rings is 1. The number of nitrogens with zero attached hydrogens (tertiary/aromatic N) is 3. The highest BCUT2D eigenvalue weighted by molar-refractivity contribution is 7.13. The second kappa shape index (κ2) is 7.22. The first kappa shape index (κ1) is 14.8. The summed E-state index contributed by atoms with van der Waals surface area (Å²) in [6, 6.07) is 0.755. The summed E-state index contributed by atoms with van der Waals surface area (Å²) in [6.45, 7) is 6.39. The minimum absolute atomic E-state index is 0.755. The van der Waals surface area contributed by atoms with Crippen molar-refractivity contribution in [1.29, 1.82) is 0 Å². The molecule has 5 heteroatoms. The van der Waals surface area contributed by atoms with Gasteiger partial charge < -0.3 is 15.1 Å². The molecule has 0 aliphatic heterocycles. The minimum Gasteiger partial charge on any atom is -0.347 e. The van der Waals surface area contributed by atoms with Crippen LogP contribution in [0, 0.1) is 0 Å². The number of nitrogens with one attached hydrogen (secondary N) is 1. The van der Waals surface area contributed by atoms with Crippen LogP contribution in [-0.2, 0) is 6.54 Å². The van der Waals surface area contributed by atoms with Crippen LogP contribution >= 0.6 is 11.3 Å². The fourth-order valence-electron chi connectivity index (χ4n) is 1.95. The fourth-order valence-corrected chi connectivity index (χ4v) is 2.83. The Morgan fingerprint density at radius 3 is 2.74 bits per heavy atom. The van der Waals surface area contributed by atoms with Gasteiger partial charge in [-0.15, -0.1) is 11.3 Å². The monoisotopic (exact) mass is 282 g/mol. The van der Waals surface area contributed by atoms with Gasteiger partial charge in [-0.3, -0.25) is 0 Å². The van der Waals surface area contributed by atoms with Crippen LogP contribution in [0.2, 0.25) is 0 Å². The smallest absolute Gasteiger partial charge is 0.185 e. The third-order valence-corrected chi connectivity index (χ3v) is 4.22. The first-order valence-corrected chi connectivity index (χ1v) is 8.14. The molecule has 1 fully saturated rings. The average molecular weight is 282 g/mol. The molecule has 0 atom stereocenters. The highest BCUT2D eigenvalue weighted by Gasteiger charge is 2.20. The number of anilines is 1. The maximum absolute atomic E-state index is 4.77. The zero-order valence-corrected chi connectivity index (χ0v) is 13.2. The molecule has 19 heavy (non-hydrogen) atoms. The number of rotatable bonds is 9. The molecule has 1 N–H and O–H groups in total. The van der Waals surface area contributed by atoms with E-state index in [-0.39, 0.29) is 0 Å². The lowest BCUT2D eigenvalue weighted by atomic mass is 10.4. The van der Waals surface area contributed by atoms with Crippen molar-refractivity contribution in [1.82, 2.24) is 15.2 Å². The molecule has 1 aromatic heterocycles. The molecule has 1 heterocycles. The highest BCUT2D eigenvalue weighted by atomic mass is 32.1. The zero-order valence-electron chi connectivity index (χ0n) is 12.4. The molecular weight excluding hydrogens is 256 g/mol. The van der Waals surface area contributed by atoms with E-state index >= 15 is 0 Å². The average Bonchev–Trinajstić information content (AvgIpc) is 3.09. The summed E-state index contributed by atoms with van der Waals surface area (Å²) in [5.41, 5.74) is 1.19. The Morgan fingerprint density at radius 2 is 2.11 bits per heavy atom. The molecular formula is C14H26N4S. The van der Waals surface area contributed by atoms with Gasteiger partial charge in [0.2, 0.25) is 0 Å². The summed E-state index contributed by atoms with van der Waals surface area (Å²) >= 11 is 1.78. The van der Waals surface area contributed by atoms with E-state index in [0.29, 0.717) is 0 Å². The first-order valence-electron chi connectivity index (χ1n) is 7.26. The van der Waals surface area contributed by atoms with E-state index < -0.39 is 0 Å². The van der Waals surface area contributed by atoms with Crippen LogP contribution in [0.15, 0.2) is 5.38 Å². The summed E-state index contributed by atoms with van der Waals surface area (Å²) in [5, 5.41) is 6.90. The fraction of sp³-hybridized carbons (Fsp3) is 0.786. The largest absolute Gasteiger partial charge is 0.347 e. The predicted octanol–water partition coefficient (Wildman–Crippen LogP) is 2.17. The Kier molecular flexibility index (Phi) is 5.60. The molecule has 1 saturated carbocycles. The lowest BCUT2D eigenvalue weighted by Crippen LogP contribution is -2.32. The van der Waals surface area contributed by atoms with Gasteiger partial charge in [0, 0.05) is 37.6 Å². The van der Waals surface area contributed by atoms with E-state index in [1.54, 1.807) is 11.3 Å². The van der Waals surface area contributed by atoms with Gasteiger partial charge in [-0.1, -0.05) is 6.92 Å². The van der Waals surface area contributed by atoms with Crippen molar-refractivity contribution in [3.05, 3.63) is 11.1 Å². The molecule has 4 nitrogen and oxygen atoms in total. The number of likely N-dealkylation sites (N-methyl/N-ethyl adjacent to an activating group) is 1. The van der Waals surface area contributed by atoms with Crippen molar-refractivity contribution >= 4 is 16.5 Å². The molecule has 0 saturated heterocycles. The van der Waals surface area contributed by atoms with Crippen LogP contribution in [0.3, 0.4) is 0 Å². The van der Waals surface area contributed by atoms with E-state index in [9.17, 15) is 0 Å². The van der Waals surface area contributed by atoms with Gasteiger partial charge in [-0.25, -0.2) is 4.98 Å². The van der Waals surface area contributed by atoms with Crippen molar-refractivity contribution in [3.8, 4) is 0 Å². The molecule has 0 radical (unpaired) electrons. The van der Waals surface area contributed by atoms with Crippen molar-refractivity contribution in [2.45, 2.75) is 38.8 Å². The Hall–Kier alpha value is -0.650. The standard InChI is InChI=1S/C14H26N4S/c1-4-7-18(9-8-17(2)3)14-16-13(11-19-14)10-15-12-5-6-12/h11-12,15H,4-10H2,1-3H3. The predicted molar refractivity (Wildman–Crippen MR) is 83.0 cm³/mol. The molecule has 0 unspecified atom stereocenters. The van der Waals surface area contributed by atoms with Crippen LogP contribution < -0.4 is 10.2 Å². The Bertz CT molecular complexity index is 373. The van der Waals surface area contributed by atoms with E-state index in [1.807, 2.05) is 0 Å². The maximum Gasteiger partial charge on any atom is 0.185 e. The Morgan fingerprint density at radius 1 is 1.32 bits per heavy atom. The summed E-state index contributed by atoms with van der Waals surface area (Å²) in [7, 11) is 4.24. The van der Waals surface area contributed by atoms with Gasteiger partial charge in [0.25, 0.3) is 0 Å². The van der Waals surface area contributed by atoms with Crippen molar-refractivity contribution in [3.63, 3.8) is 0 Å². The van der Waals surface area contributed by atoms with E-state index in [4.69, 9.17) is 4.98 Å². The van der Waals surface area contributed by atoms with Crippen LogP contribution in [-0.4, -0.2) is 49.7 Å². The minimum atomic E-state index is 0.755. The van der Waals surface area contributed by atoms with Crippen molar-refractivity contribution in [2.75, 3.05) is 38.6 Å². The van der Waals surface area contributed by atoms with Gasteiger partial charge in [0.05, 0.1) is 5.69 Å². The van der Waals surface area contributed by atoms with Crippen LogP contribution in [0.4, 0.5) is 5.13 Å². The summed E-state index contributed by atoms with van der Waals surface area (Å²) in [5.74, 6) is 0. The SMILES string of the molecule is CCCN(CCN(C)C)c1nc(CNC2CC2)cs1. The van der Waals surface area contributed by atoms with Crippen LogP contribution in [0.25, 0.3) is 0 Å². The topological polar surface area (TPSA) is 31.4 Å². The van der Waals surface area contributed by atoms with E-state index in [1.165, 1.54) is 30.1 Å². The number of hydrogen-bond donors (Lipinski definition) is 1. The van der Waals surface area contributed by atoms with Gasteiger partial charge in [-0.05, 0) is 33.4 Å². The lowest BCUT2D eigenvalue weighted by Gasteiger charge is -2.23. The summed E-state index contributed by atoms with van der Waals surface area (Å²) in [6.07, 6.45) is 3.84. The van der Waals surface area contributed by atoms with Gasteiger partial charge >= 0.3 is 0 Å². The van der Waals surface area contributed by atoms with Gasteiger partial charge in [0.15, 0.2) is 5.13 Å². The third kappa shape index (κ3) is 5.09. The van der Waals surface area contributed by atoms with E-state index in [0.717, 1.165) is 32.2 Å². The third-order valence-electron chi connectivity index (χ3n) is 3.27. The van der Waals surface area contributed by atoms with Gasteiger partial charge in [-0.2, -0.15) is 0 Å². The highest BCUT2D eigenvalue weighted by Crippen LogP contribution is 2.23. The molecule has 0 aromatic carbocycles. The van der Waals surface area contributed by atoms with Crippen LogP contribution in [0.1, 0.15) is 31.9 Å². The van der Waals surface area contributed by atoms with Gasteiger partial charge in [0.1, 0.15) is 0 Å². The first-order chi connectivity index (χ1) is 9.19. The molecule has 2 rings (SSSR count). The zero-order chi connectivity index (χ0) is 13.7. The van der Waals surface area contributed by atoms with Crippen molar-refractivity contribution in [2.24, 2.45) is 0 Å². The molecule has 1 aromatic rings. The van der Waals surface area contributed by atoms with Crippen LogP contribution in [0.5, 0.6) is 0 Å². The quantitative estimate of drug-likeness (QED) is 0.752. The normalized spacial score (nSPS) is 15.2. The Balaban J connectivity index is 1.87. The Labute approximate surface area is 120 Å². The molecule has 108 valence electrons. The maximum atomic E-state index is 4.77. The molecule has 1 aliphatic rings. The van der Waals surface area contributed by atoms with E-state index in [2.05, 4.69) is 41.5 Å². The van der Waals surface area contributed by atoms with Crippen molar-refractivity contribution < 1.29 is 0 Å². The molecule has 0 bridgehead atoms. The second-order valence-electron chi connectivity index (χ2n) is 5.57. The summed E-state index contributed by atoms with van der Waals surface area (Å²) < 4.78 is 0. The number of aromatic nitrogens is 1. The number of hydrogen-bond acceptors (Lipinski definition) is 5. The second-order valence-corrected chi connectivity index (χ2v) is 6.40. The molecule has 1 aliphatic carbocycles.